The molecule has 1 aliphatic rings. The molecule has 0 aromatic rings. The molecule has 0 spiro atoms. The van der Waals surface area contributed by atoms with Gasteiger partial charge in [-0.25, -0.2) is 4.79 Å². The van der Waals surface area contributed by atoms with Gasteiger partial charge in [-0.15, -0.1) is 0 Å². The van der Waals surface area contributed by atoms with Gasteiger partial charge in [0.1, 0.15) is 6.04 Å². The number of likely N-dealkylation sites (tertiary alicyclic amines) is 1. The van der Waals surface area contributed by atoms with Gasteiger partial charge in [0.15, 0.2) is 0 Å². The quantitative estimate of drug-likeness (QED) is 0.496. The molecule has 1 heterocycles. The molecule has 19 heavy (non-hydrogen) atoms. The summed E-state index contributed by atoms with van der Waals surface area (Å²) in [4.78, 5) is 35.1. The first-order valence-electron chi connectivity index (χ1n) is 6.16. The minimum atomic E-state index is -1.08. The summed E-state index contributed by atoms with van der Waals surface area (Å²) in [6.45, 7) is 2.22. The Bertz CT molecular complexity index is 360. The molecule has 1 rings (SSSR count). The van der Waals surface area contributed by atoms with Gasteiger partial charge in [-0.2, -0.15) is 0 Å². The van der Waals surface area contributed by atoms with Gasteiger partial charge in [-0.1, -0.05) is 6.92 Å². The molecule has 0 saturated carbocycles. The van der Waals surface area contributed by atoms with Crippen LogP contribution in [-0.2, 0) is 9.59 Å². The van der Waals surface area contributed by atoms with Gasteiger partial charge in [0.05, 0.1) is 12.6 Å². The van der Waals surface area contributed by atoms with E-state index in [4.69, 9.17) is 5.11 Å². The van der Waals surface area contributed by atoms with Crippen LogP contribution >= 0.6 is 0 Å². The number of β-amino-alcohol motifs (C(OH)–C–C–N with tert-alkyl or cyclic N) is 1. The van der Waals surface area contributed by atoms with E-state index in [2.05, 4.69) is 10.6 Å². The Labute approximate surface area is 110 Å². The molecular weight excluding hydrogens is 254 g/mol. The van der Waals surface area contributed by atoms with Crippen LogP contribution in [0, 0.1) is 0 Å². The molecule has 4 N–H and O–H groups in total. The predicted octanol–water partition coefficient (Wildman–Crippen LogP) is -1.26. The number of carboxylic acids is 1. The molecule has 8 heteroatoms. The fraction of sp³-hybridized carbons (Fsp3) is 0.727. The molecular formula is C11H19N3O5. The predicted molar refractivity (Wildman–Crippen MR) is 65.5 cm³/mol. The van der Waals surface area contributed by atoms with E-state index >= 15 is 0 Å². The molecule has 0 aromatic heterocycles. The van der Waals surface area contributed by atoms with Crippen molar-refractivity contribution in [3.05, 3.63) is 0 Å². The lowest BCUT2D eigenvalue weighted by atomic mass is 10.2. The first kappa shape index (κ1) is 15.4. The number of urea groups is 1. The van der Waals surface area contributed by atoms with Crippen LogP contribution in [-0.4, -0.2) is 64.8 Å². The standard InChI is InChI=1S/C11H19N3O5/c1-2-3-12-11(19)13-9(16)6-14-5-7(15)4-8(14)10(17)18/h7-8,15H,2-6H2,1H3,(H,17,18)(H2,12,13,16,19). The molecule has 1 saturated heterocycles. The first-order valence-corrected chi connectivity index (χ1v) is 6.16. The molecule has 0 radical (unpaired) electrons. The van der Waals surface area contributed by atoms with Crippen molar-refractivity contribution in [3.63, 3.8) is 0 Å². The highest BCUT2D eigenvalue weighted by atomic mass is 16.4. The van der Waals surface area contributed by atoms with Crippen LogP contribution in [0.1, 0.15) is 19.8 Å². The van der Waals surface area contributed by atoms with Crippen molar-refractivity contribution in [2.75, 3.05) is 19.6 Å². The van der Waals surface area contributed by atoms with Crippen LogP contribution in [0.15, 0.2) is 0 Å². The molecule has 1 aliphatic heterocycles. The normalized spacial score (nSPS) is 23.1. The van der Waals surface area contributed by atoms with E-state index in [0.717, 1.165) is 6.42 Å². The smallest absolute Gasteiger partial charge is 0.321 e. The molecule has 1 fully saturated rings. The Morgan fingerprint density at radius 3 is 2.63 bits per heavy atom. The zero-order valence-electron chi connectivity index (χ0n) is 10.8. The highest BCUT2D eigenvalue weighted by Gasteiger charge is 2.36. The average Bonchev–Trinajstić information content (AvgIpc) is 2.67. The van der Waals surface area contributed by atoms with Crippen LogP contribution in [0.2, 0.25) is 0 Å². The van der Waals surface area contributed by atoms with Gasteiger partial charge in [0, 0.05) is 19.5 Å². The van der Waals surface area contributed by atoms with Crippen LogP contribution in [0.25, 0.3) is 0 Å². The van der Waals surface area contributed by atoms with Gasteiger partial charge >= 0.3 is 12.0 Å². The highest BCUT2D eigenvalue weighted by Crippen LogP contribution is 2.17. The third-order valence-corrected chi connectivity index (χ3v) is 2.80. The summed E-state index contributed by atoms with van der Waals surface area (Å²) in [6.07, 6.45) is 0.0777. The van der Waals surface area contributed by atoms with Crippen molar-refractivity contribution in [3.8, 4) is 0 Å². The maximum absolute atomic E-state index is 11.6. The molecule has 2 atom stereocenters. The second kappa shape index (κ2) is 7.05. The maximum Gasteiger partial charge on any atom is 0.321 e. The fourth-order valence-corrected chi connectivity index (χ4v) is 1.94. The van der Waals surface area contributed by atoms with Crippen molar-refractivity contribution in [2.45, 2.75) is 31.9 Å². The van der Waals surface area contributed by atoms with Crippen molar-refractivity contribution >= 4 is 17.9 Å². The van der Waals surface area contributed by atoms with Crippen LogP contribution < -0.4 is 10.6 Å². The number of amides is 3. The van der Waals surface area contributed by atoms with Crippen LogP contribution in [0.5, 0.6) is 0 Å². The summed E-state index contributed by atoms with van der Waals surface area (Å²) in [5.74, 6) is -1.67. The lowest BCUT2D eigenvalue weighted by molar-refractivity contribution is -0.142. The lowest BCUT2D eigenvalue weighted by Crippen LogP contribution is -2.47. The molecule has 8 nitrogen and oxygen atoms in total. The van der Waals surface area contributed by atoms with E-state index in [0.29, 0.717) is 6.54 Å². The number of carbonyl (C=O) groups excluding carboxylic acids is 2. The van der Waals surface area contributed by atoms with E-state index in [1.165, 1.54) is 4.90 Å². The van der Waals surface area contributed by atoms with Crippen molar-refractivity contribution < 1.29 is 24.6 Å². The number of carboxylic acid groups (broad SMARTS) is 1. The maximum atomic E-state index is 11.6. The largest absolute Gasteiger partial charge is 0.480 e. The third kappa shape index (κ3) is 4.84. The van der Waals surface area contributed by atoms with Gasteiger partial charge in [-0.3, -0.25) is 19.8 Å². The number of imide groups is 1. The Morgan fingerprint density at radius 2 is 2.05 bits per heavy atom. The second-order valence-corrected chi connectivity index (χ2v) is 4.48. The number of nitrogens with one attached hydrogen (secondary N) is 2. The monoisotopic (exact) mass is 273 g/mol. The summed E-state index contributed by atoms with van der Waals surface area (Å²) < 4.78 is 0. The number of aliphatic hydroxyl groups is 1. The summed E-state index contributed by atoms with van der Waals surface area (Å²) in [6, 6.07) is -1.49. The number of hydrogen-bond acceptors (Lipinski definition) is 5. The van der Waals surface area contributed by atoms with Gasteiger partial charge < -0.3 is 15.5 Å². The molecule has 0 bridgehead atoms. The molecule has 0 aliphatic carbocycles. The number of hydrogen-bond donors (Lipinski definition) is 4. The number of carbonyl (C=O) groups is 3. The van der Waals surface area contributed by atoms with E-state index < -0.39 is 30.1 Å². The second-order valence-electron chi connectivity index (χ2n) is 4.48. The first-order chi connectivity index (χ1) is 8.93. The summed E-state index contributed by atoms with van der Waals surface area (Å²) in [5.41, 5.74) is 0. The minimum absolute atomic E-state index is 0.0879. The molecule has 2 unspecified atom stereocenters. The van der Waals surface area contributed by atoms with E-state index in [9.17, 15) is 19.5 Å². The minimum Gasteiger partial charge on any atom is -0.480 e. The summed E-state index contributed by atoms with van der Waals surface area (Å²) in [7, 11) is 0. The van der Waals surface area contributed by atoms with Gasteiger partial charge in [0.25, 0.3) is 0 Å². The van der Waals surface area contributed by atoms with Crippen molar-refractivity contribution in [1.29, 1.82) is 0 Å². The Morgan fingerprint density at radius 1 is 1.37 bits per heavy atom. The number of rotatable bonds is 5. The summed E-state index contributed by atoms with van der Waals surface area (Å²) >= 11 is 0. The Kier molecular flexibility index (Phi) is 5.71. The fourth-order valence-electron chi connectivity index (χ4n) is 1.94. The van der Waals surface area contributed by atoms with E-state index in [1.807, 2.05) is 6.92 Å². The highest BCUT2D eigenvalue weighted by molar-refractivity contribution is 5.95. The van der Waals surface area contributed by atoms with Crippen molar-refractivity contribution in [1.82, 2.24) is 15.5 Å². The topological polar surface area (TPSA) is 119 Å². The lowest BCUT2D eigenvalue weighted by Gasteiger charge is -2.19. The van der Waals surface area contributed by atoms with Crippen molar-refractivity contribution in [2.24, 2.45) is 0 Å². The van der Waals surface area contributed by atoms with Gasteiger partial charge in [-0.05, 0) is 6.42 Å². The van der Waals surface area contributed by atoms with Gasteiger partial charge in [0.2, 0.25) is 5.91 Å². The summed E-state index contributed by atoms with van der Waals surface area (Å²) in [5, 5.41) is 22.9. The molecule has 108 valence electrons. The zero-order chi connectivity index (χ0) is 14.4. The Balaban J connectivity index is 2.43. The SMILES string of the molecule is CCCNC(=O)NC(=O)CN1CC(O)CC1C(=O)O. The van der Waals surface area contributed by atoms with Crippen LogP contribution in [0.3, 0.4) is 0 Å². The molecule has 0 aromatic carbocycles. The van der Waals surface area contributed by atoms with Crippen LogP contribution in [0.4, 0.5) is 4.79 Å². The average molecular weight is 273 g/mol. The molecule has 3 amide bonds. The third-order valence-electron chi connectivity index (χ3n) is 2.80. The van der Waals surface area contributed by atoms with E-state index in [-0.39, 0.29) is 19.5 Å². The van der Waals surface area contributed by atoms with E-state index in [1.54, 1.807) is 0 Å². The number of aliphatic carboxylic acids is 1. The Hall–Kier alpha value is -1.67. The number of aliphatic hydroxyl groups excluding tert-OH is 1. The zero-order valence-corrected chi connectivity index (χ0v) is 10.8. The number of nitrogens with zero attached hydrogens (tertiary/aromatic N) is 1.